The molecule has 1 unspecified atom stereocenters. The van der Waals surface area contributed by atoms with Gasteiger partial charge in [-0.05, 0) is 54.8 Å². The lowest BCUT2D eigenvalue weighted by Gasteiger charge is -2.19. The molecule has 1 N–H and O–H groups in total. The van der Waals surface area contributed by atoms with Gasteiger partial charge in [0, 0.05) is 11.7 Å². The van der Waals surface area contributed by atoms with Gasteiger partial charge in [-0.3, -0.25) is 0 Å². The monoisotopic (exact) mass is 275 g/mol. The Kier molecular flexibility index (Phi) is 3.66. The smallest absolute Gasteiger partial charge is 0.0488 e. The van der Waals surface area contributed by atoms with E-state index >= 15 is 0 Å². The van der Waals surface area contributed by atoms with Crippen LogP contribution in [0.2, 0.25) is 0 Å². The number of fused-ring (bicyclic) bond motifs is 1. The lowest BCUT2D eigenvalue weighted by Crippen LogP contribution is -2.08. The quantitative estimate of drug-likeness (QED) is 0.653. The maximum absolute atomic E-state index is 3.62. The van der Waals surface area contributed by atoms with Crippen LogP contribution < -0.4 is 5.32 Å². The molecule has 0 aliphatic heterocycles. The van der Waals surface area contributed by atoms with Gasteiger partial charge in [-0.15, -0.1) is 0 Å². The minimum Gasteiger partial charge on any atom is -0.378 e. The molecule has 3 aromatic carbocycles. The molecular formula is C20H21N. The number of anilines is 1. The van der Waals surface area contributed by atoms with Gasteiger partial charge >= 0.3 is 0 Å². The lowest BCUT2D eigenvalue weighted by atomic mass is 9.99. The summed E-state index contributed by atoms with van der Waals surface area (Å²) < 4.78 is 0. The molecule has 106 valence electrons. The highest BCUT2D eigenvalue weighted by Crippen LogP contribution is 2.25. The van der Waals surface area contributed by atoms with E-state index in [0.29, 0.717) is 6.04 Å². The Labute approximate surface area is 126 Å². The molecule has 0 heterocycles. The van der Waals surface area contributed by atoms with Crippen molar-refractivity contribution in [1.82, 2.24) is 0 Å². The molecule has 0 aliphatic carbocycles. The Morgan fingerprint density at radius 1 is 0.810 bits per heavy atom. The van der Waals surface area contributed by atoms with Crippen LogP contribution in [0.4, 0.5) is 5.69 Å². The first-order valence-corrected chi connectivity index (χ1v) is 7.46. The molecule has 3 aromatic rings. The zero-order chi connectivity index (χ0) is 14.8. The minimum atomic E-state index is 0.297. The van der Waals surface area contributed by atoms with Gasteiger partial charge in [0.2, 0.25) is 0 Å². The Morgan fingerprint density at radius 2 is 1.57 bits per heavy atom. The third-order valence-electron chi connectivity index (χ3n) is 4.03. The van der Waals surface area contributed by atoms with Crippen molar-refractivity contribution >= 4 is 16.5 Å². The van der Waals surface area contributed by atoms with Gasteiger partial charge in [0.05, 0.1) is 0 Å². The predicted molar refractivity (Wildman–Crippen MR) is 91.9 cm³/mol. The van der Waals surface area contributed by atoms with E-state index in [1.807, 2.05) is 0 Å². The van der Waals surface area contributed by atoms with Crippen molar-refractivity contribution in [1.29, 1.82) is 0 Å². The molecule has 0 saturated carbocycles. The highest BCUT2D eigenvalue weighted by Gasteiger charge is 2.08. The fraction of sp³-hybridized carbons (Fsp3) is 0.200. The summed E-state index contributed by atoms with van der Waals surface area (Å²) in [5.41, 5.74) is 5.18. The number of hydrogen-bond acceptors (Lipinski definition) is 1. The van der Waals surface area contributed by atoms with E-state index in [1.54, 1.807) is 0 Å². The number of nitrogens with one attached hydrogen (secondary N) is 1. The second-order valence-electron chi connectivity index (χ2n) is 5.79. The molecule has 0 bridgehead atoms. The number of aryl methyl sites for hydroxylation is 2. The number of rotatable bonds is 3. The van der Waals surface area contributed by atoms with Crippen LogP contribution >= 0.6 is 0 Å². The summed E-state index contributed by atoms with van der Waals surface area (Å²) in [4.78, 5) is 0. The van der Waals surface area contributed by atoms with Crippen LogP contribution in [0.1, 0.15) is 29.7 Å². The SMILES string of the molecule is Cc1ccc(C)c(C(C)Nc2ccc3ccccc3c2)c1. The van der Waals surface area contributed by atoms with E-state index in [2.05, 4.69) is 86.8 Å². The Balaban J connectivity index is 1.88. The van der Waals surface area contributed by atoms with E-state index in [1.165, 1.54) is 33.2 Å². The van der Waals surface area contributed by atoms with Crippen LogP contribution in [0.5, 0.6) is 0 Å². The summed E-state index contributed by atoms with van der Waals surface area (Å²) >= 11 is 0. The van der Waals surface area contributed by atoms with E-state index in [-0.39, 0.29) is 0 Å². The molecule has 0 spiro atoms. The average molecular weight is 275 g/mol. The summed E-state index contributed by atoms with van der Waals surface area (Å²) in [6.07, 6.45) is 0. The third-order valence-corrected chi connectivity index (χ3v) is 4.03. The van der Waals surface area contributed by atoms with Crippen molar-refractivity contribution < 1.29 is 0 Å². The highest BCUT2D eigenvalue weighted by atomic mass is 14.9. The first-order valence-electron chi connectivity index (χ1n) is 7.46. The lowest BCUT2D eigenvalue weighted by molar-refractivity contribution is 0.872. The van der Waals surface area contributed by atoms with Crippen LogP contribution in [-0.2, 0) is 0 Å². The van der Waals surface area contributed by atoms with Crippen molar-refractivity contribution in [3.8, 4) is 0 Å². The fourth-order valence-electron chi connectivity index (χ4n) is 2.83. The summed E-state index contributed by atoms with van der Waals surface area (Å²) in [5, 5.41) is 6.17. The Bertz CT molecular complexity index is 774. The Morgan fingerprint density at radius 3 is 2.38 bits per heavy atom. The normalized spacial score (nSPS) is 12.3. The van der Waals surface area contributed by atoms with E-state index in [0.717, 1.165) is 0 Å². The van der Waals surface area contributed by atoms with Gasteiger partial charge in [-0.1, -0.05) is 54.1 Å². The van der Waals surface area contributed by atoms with E-state index in [9.17, 15) is 0 Å². The van der Waals surface area contributed by atoms with Crippen LogP contribution in [0, 0.1) is 13.8 Å². The summed E-state index contributed by atoms with van der Waals surface area (Å²) in [5.74, 6) is 0. The number of hydrogen-bond donors (Lipinski definition) is 1. The van der Waals surface area contributed by atoms with Crippen molar-refractivity contribution in [2.24, 2.45) is 0 Å². The molecule has 1 nitrogen and oxygen atoms in total. The Hall–Kier alpha value is -2.28. The maximum atomic E-state index is 3.62. The summed E-state index contributed by atoms with van der Waals surface area (Å²) in [7, 11) is 0. The maximum Gasteiger partial charge on any atom is 0.0488 e. The molecule has 21 heavy (non-hydrogen) atoms. The predicted octanol–water partition coefficient (Wildman–Crippen LogP) is 5.63. The van der Waals surface area contributed by atoms with Crippen LogP contribution in [0.15, 0.2) is 60.7 Å². The van der Waals surface area contributed by atoms with E-state index in [4.69, 9.17) is 0 Å². The van der Waals surface area contributed by atoms with Gasteiger partial charge in [-0.2, -0.15) is 0 Å². The third kappa shape index (κ3) is 2.92. The van der Waals surface area contributed by atoms with Gasteiger partial charge in [-0.25, -0.2) is 0 Å². The molecule has 0 amide bonds. The molecule has 0 aromatic heterocycles. The van der Waals surface area contributed by atoms with Gasteiger partial charge in [0.15, 0.2) is 0 Å². The zero-order valence-corrected chi connectivity index (χ0v) is 12.9. The standard InChI is InChI=1S/C20H21N/c1-14-8-9-15(2)20(12-14)16(3)21-19-11-10-17-6-4-5-7-18(17)13-19/h4-13,16,21H,1-3H3. The largest absolute Gasteiger partial charge is 0.378 e. The first kappa shape index (κ1) is 13.7. The molecule has 1 heteroatoms. The van der Waals surface area contributed by atoms with Crippen LogP contribution in [-0.4, -0.2) is 0 Å². The summed E-state index contributed by atoms with van der Waals surface area (Å²) in [6.45, 7) is 6.54. The van der Waals surface area contributed by atoms with Crippen molar-refractivity contribution in [3.63, 3.8) is 0 Å². The zero-order valence-electron chi connectivity index (χ0n) is 12.9. The molecule has 0 saturated heterocycles. The average Bonchev–Trinajstić information content (AvgIpc) is 2.49. The van der Waals surface area contributed by atoms with Gasteiger partial charge in [0.25, 0.3) is 0 Å². The van der Waals surface area contributed by atoms with Crippen molar-refractivity contribution in [3.05, 3.63) is 77.4 Å². The molecule has 1 atom stereocenters. The highest BCUT2D eigenvalue weighted by molar-refractivity contribution is 5.85. The molecule has 0 aliphatic rings. The number of benzene rings is 3. The molecule has 3 rings (SSSR count). The topological polar surface area (TPSA) is 12.0 Å². The molecular weight excluding hydrogens is 254 g/mol. The molecule has 0 fully saturated rings. The van der Waals surface area contributed by atoms with Gasteiger partial charge in [0.1, 0.15) is 0 Å². The minimum absolute atomic E-state index is 0.297. The summed E-state index contributed by atoms with van der Waals surface area (Å²) in [6, 6.07) is 21.9. The molecule has 0 radical (unpaired) electrons. The second kappa shape index (κ2) is 5.61. The fourth-order valence-corrected chi connectivity index (χ4v) is 2.83. The van der Waals surface area contributed by atoms with Crippen molar-refractivity contribution in [2.75, 3.05) is 5.32 Å². The van der Waals surface area contributed by atoms with Crippen LogP contribution in [0.3, 0.4) is 0 Å². The first-order chi connectivity index (χ1) is 10.1. The van der Waals surface area contributed by atoms with Crippen molar-refractivity contribution in [2.45, 2.75) is 26.8 Å². The van der Waals surface area contributed by atoms with Gasteiger partial charge < -0.3 is 5.32 Å². The second-order valence-corrected chi connectivity index (χ2v) is 5.79. The van der Waals surface area contributed by atoms with E-state index < -0.39 is 0 Å². The van der Waals surface area contributed by atoms with Crippen LogP contribution in [0.25, 0.3) is 10.8 Å².